The quantitative estimate of drug-likeness (QED) is 0.424. The van der Waals surface area contributed by atoms with Gasteiger partial charge in [-0.25, -0.2) is 0 Å². The van der Waals surface area contributed by atoms with Gasteiger partial charge in [-0.15, -0.1) is 0 Å². The number of benzene rings is 2. The Bertz CT molecular complexity index is 940. The standard InChI is InChI=1S/C30H38N2/c1-29(2,3)24-14-10-22(11-15-24)27-18-19-28(32(27)21-26-9-7-8-20-31-26)23-12-16-25(17-13-23)30(4,5)6/h7-17,20,27-28H,18-19,21H2,1-6H3/t27-,28-/m1/s1. The maximum atomic E-state index is 4.65. The summed E-state index contributed by atoms with van der Waals surface area (Å²) in [5.74, 6) is 0. The van der Waals surface area contributed by atoms with Gasteiger partial charge in [0.05, 0.1) is 5.69 Å². The molecule has 2 heteroatoms. The molecule has 1 aliphatic rings. The van der Waals surface area contributed by atoms with Gasteiger partial charge in [0.2, 0.25) is 0 Å². The second-order valence-corrected chi connectivity index (χ2v) is 11.3. The van der Waals surface area contributed by atoms with Gasteiger partial charge in [0.25, 0.3) is 0 Å². The van der Waals surface area contributed by atoms with Crippen molar-refractivity contribution < 1.29 is 0 Å². The molecular formula is C30H38N2. The lowest BCUT2D eigenvalue weighted by atomic mass is 9.86. The summed E-state index contributed by atoms with van der Waals surface area (Å²) in [5.41, 5.74) is 7.13. The van der Waals surface area contributed by atoms with Crippen LogP contribution >= 0.6 is 0 Å². The summed E-state index contributed by atoms with van der Waals surface area (Å²) >= 11 is 0. The highest BCUT2D eigenvalue weighted by molar-refractivity contribution is 5.33. The van der Waals surface area contributed by atoms with E-state index < -0.39 is 0 Å². The van der Waals surface area contributed by atoms with Gasteiger partial charge >= 0.3 is 0 Å². The summed E-state index contributed by atoms with van der Waals surface area (Å²) in [5, 5.41) is 0. The van der Waals surface area contributed by atoms with Crippen molar-refractivity contribution in [2.75, 3.05) is 0 Å². The van der Waals surface area contributed by atoms with Gasteiger partial charge in [-0.3, -0.25) is 9.88 Å². The SMILES string of the molecule is CC(C)(C)c1ccc([C@H]2CC[C@H](c3ccc(C(C)(C)C)cc3)N2Cc2ccccn2)cc1. The third-order valence-electron chi connectivity index (χ3n) is 6.91. The molecule has 2 aromatic carbocycles. The number of likely N-dealkylation sites (tertiary alicyclic amines) is 1. The second-order valence-electron chi connectivity index (χ2n) is 11.3. The van der Waals surface area contributed by atoms with Gasteiger partial charge in [-0.1, -0.05) is 96.1 Å². The van der Waals surface area contributed by atoms with Crippen molar-refractivity contribution in [1.82, 2.24) is 9.88 Å². The molecule has 0 radical (unpaired) electrons. The van der Waals surface area contributed by atoms with Crippen molar-refractivity contribution in [3.8, 4) is 0 Å². The lowest BCUT2D eigenvalue weighted by Gasteiger charge is -2.31. The Morgan fingerprint density at radius 3 is 1.53 bits per heavy atom. The lowest BCUT2D eigenvalue weighted by molar-refractivity contribution is 0.182. The summed E-state index contributed by atoms with van der Waals surface area (Å²) in [6.45, 7) is 14.6. The second kappa shape index (κ2) is 8.83. The van der Waals surface area contributed by atoms with Crippen molar-refractivity contribution in [2.45, 2.75) is 83.8 Å². The van der Waals surface area contributed by atoms with Crippen LogP contribution in [0.2, 0.25) is 0 Å². The van der Waals surface area contributed by atoms with Crippen molar-refractivity contribution in [2.24, 2.45) is 0 Å². The molecule has 32 heavy (non-hydrogen) atoms. The molecule has 1 fully saturated rings. The zero-order chi connectivity index (χ0) is 22.9. The number of hydrogen-bond donors (Lipinski definition) is 0. The number of aromatic nitrogens is 1. The summed E-state index contributed by atoms with van der Waals surface area (Å²) < 4.78 is 0. The van der Waals surface area contributed by atoms with Crippen molar-refractivity contribution in [1.29, 1.82) is 0 Å². The van der Waals surface area contributed by atoms with Crippen LogP contribution in [0, 0.1) is 0 Å². The molecule has 0 amide bonds. The molecule has 0 aliphatic carbocycles. The maximum Gasteiger partial charge on any atom is 0.0544 e. The molecule has 2 nitrogen and oxygen atoms in total. The van der Waals surface area contributed by atoms with E-state index in [0.717, 1.165) is 12.2 Å². The van der Waals surface area contributed by atoms with E-state index in [2.05, 4.69) is 112 Å². The first kappa shape index (κ1) is 22.7. The van der Waals surface area contributed by atoms with Crippen LogP contribution in [-0.4, -0.2) is 9.88 Å². The number of hydrogen-bond acceptors (Lipinski definition) is 2. The average molecular weight is 427 g/mol. The summed E-state index contributed by atoms with van der Waals surface area (Å²) in [6.07, 6.45) is 4.26. The van der Waals surface area contributed by atoms with Crippen molar-refractivity contribution >= 4 is 0 Å². The van der Waals surface area contributed by atoms with E-state index in [1.807, 2.05) is 12.3 Å². The van der Waals surface area contributed by atoms with Crippen LogP contribution in [0.15, 0.2) is 72.9 Å². The predicted octanol–water partition coefficient (Wildman–Crippen LogP) is 7.76. The number of pyridine rings is 1. The predicted molar refractivity (Wildman–Crippen MR) is 135 cm³/mol. The first-order valence-corrected chi connectivity index (χ1v) is 12.0. The van der Waals surface area contributed by atoms with E-state index in [1.165, 1.54) is 35.1 Å². The molecule has 168 valence electrons. The molecule has 4 rings (SSSR count). The van der Waals surface area contributed by atoms with E-state index in [0.29, 0.717) is 12.1 Å². The Kier molecular flexibility index (Phi) is 6.27. The Morgan fingerprint density at radius 1 is 0.688 bits per heavy atom. The molecule has 0 N–H and O–H groups in total. The van der Waals surface area contributed by atoms with Gasteiger partial charge in [-0.2, -0.15) is 0 Å². The van der Waals surface area contributed by atoms with E-state index in [4.69, 9.17) is 0 Å². The summed E-state index contributed by atoms with van der Waals surface area (Å²) in [4.78, 5) is 7.32. The van der Waals surface area contributed by atoms with Crippen LogP contribution in [0.5, 0.6) is 0 Å². The highest BCUT2D eigenvalue weighted by Gasteiger charge is 2.35. The molecule has 0 spiro atoms. The number of rotatable bonds is 4. The fourth-order valence-electron chi connectivity index (χ4n) is 4.89. The first-order valence-electron chi connectivity index (χ1n) is 12.0. The van der Waals surface area contributed by atoms with Gasteiger partial charge in [0.1, 0.15) is 0 Å². The van der Waals surface area contributed by atoms with E-state index in [-0.39, 0.29) is 10.8 Å². The largest absolute Gasteiger partial charge is 0.284 e. The van der Waals surface area contributed by atoms with Gasteiger partial charge in [0.15, 0.2) is 0 Å². The summed E-state index contributed by atoms with van der Waals surface area (Å²) in [6, 6.07) is 25.7. The summed E-state index contributed by atoms with van der Waals surface area (Å²) in [7, 11) is 0. The minimum atomic E-state index is 0.180. The molecule has 1 aliphatic heterocycles. The zero-order valence-electron chi connectivity index (χ0n) is 20.6. The Labute approximate surface area is 194 Å². The Hall–Kier alpha value is -2.45. The fraction of sp³-hybridized carbons (Fsp3) is 0.433. The van der Waals surface area contributed by atoms with Crippen LogP contribution in [0.4, 0.5) is 0 Å². The van der Waals surface area contributed by atoms with Crippen LogP contribution in [0.25, 0.3) is 0 Å². The maximum absolute atomic E-state index is 4.65. The first-order chi connectivity index (χ1) is 15.1. The number of nitrogens with zero attached hydrogens (tertiary/aromatic N) is 2. The zero-order valence-corrected chi connectivity index (χ0v) is 20.6. The molecule has 1 saturated heterocycles. The third kappa shape index (κ3) is 4.96. The molecule has 1 aromatic heterocycles. The van der Waals surface area contributed by atoms with E-state index >= 15 is 0 Å². The molecule has 2 heterocycles. The highest BCUT2D eigenvalue weighted by Crippen LogP contribution is 2.45. The van der Waals surface area contributed by atoms with Crippen LogP contribution in [0.1, 0.15) is 94.4 Å². The average Bonchev–Trinajstić information content (AvgIpc) is 3.17. The van der Waals surface area contributed by atoms with Crippen molar-refractivity contribution in [3.05, 3.63) is 101 Å². The van der Waals surface area contributed by atoms with Gasteiger partial charge < -0.3 is 0 Å². The molecular weight excluding hydrogens is 388 g/mol. The van der Waals surface area contributed by atoms with E-state index in [1.54, 1.807) is 0 Å². The Balaban J connectivity index is 1.65. The molecule has 2 atom stereocenters. The topological polar surface area (TPSA) is 16.1 Å². The van der Waals surface area contributed by atoms with Gasteiger partial charge in [-0.05, 0) is 58.1 Å². The molecule has 0 unspecified atom stereocenters. The monoisotopic (exact) mass is 426 g/mol. The normalized spacial score (nSPS) is 19.9. The van der Waals surface area contributed by atoms with Crippen LogP contribution in [-0.2, 0) is 17.4 Å². The Morgan fingerprint density at radius 2 is 1.16 bits per heavy atom. The van der Waals surface area contributed by atoms with E-state index in [9.17, 15) is 0 Å². The highest BCUT2D eigenvalue weighted by atomic mass is 15.2. The van der Waals surface area contributed by atoms with Crippen molar-refractivity contribution in [3.63, 3.8) is 0 Å². The minimum Gasteiger partial charge on any atom is -0.284 e. The smallest absolute Gasteiger partial charge is 0.0544 e. The van der Waals surface area contributed by atoms with Crippen LogP contribution in [0.3, 0.4) is 0 Å². The van der Waals surface area contributed by atoms with Crippen LogP contribution < -0.4 is 0 Å². The molecule has 0 saturated carbocycles. The van der Waals surface area contributed by atoms with Gasteiger partial charge in [0, 0.05) is 24.8 Å². The molecule has 3 aromatic rings. The minimum absolute atomic E-state index is 0.180. The molecule has 0 bridgehead atoms. The lowest BCUT2D eigenvalue weighted by Crippen LogP contribution is -2.26. The fourth-order valence-corrected chi connectivity index (χ4v) is 4.89. The third-order valence-corrected chi connectivity index (χ3v) is 6.91.